The van der Waals surface area contributed by atoms with Crippen molar-refractivity contribution < 1.29 is 24.0 Å². The Morgan fingerprint density at radius 1 is 1.20 bits per heavy atom. The number of fused-ring (bicyclic) bond motifs is 1. The third kappa shape index (κ3) is 8.90. The molecule has 0 radical (unpaired) electrons. The number of carbonyl (C=O) groups is 1. The number of likely N-dealkylation sites (tertiary alicyclic amines) is 1. The van der Waals surface area contributed by atoms with Gasteiger partial charge in [-0.2, -0.15) is 4.98 Å². The van der Waals surface area contributed by atoms with Crippen LogP contribution in [0.4, 0.5) is 0 Å². The van der Waals surface area contributed by atoms with Gasteiger partial charge in [0, 0.05) is 33.2 Å². The Morgan fingerprint density at radius 3 is 2.67 bits per heavy atom. The van der Waals surface area contributed by atoms with Crippen molar-refractivity contribution in [3.05, 3.63) is 59.9 Å². The maximum absolute atomic E-state index is 11.5. The van der Waals surface area contributed by atoms with Crippen LogP contribution in [0.1, 0.15) is 30.4 Å². The number of amides is 1. The number of carbonyl (C=O) groups excluding carboxylic acids is 1. The molecule has 4 rings (SSSR count). The third-order valence-corrected chi connectivity index (χ3v) is 9.11. The number of hydrogen-bond donors (Lipinski definition) is 2. The second kappa shape index (κ2) is 13.9. The number of nitrogens with one attached hydrogen (secondary N) is 1. The van der Waals surface area contributed by atoms with Crippen molar-refractivity contribution in [1.82, 2.24) is 4.90 Å². The largest absolute Gasteiger partial charge is 0.489 e. The zero-order valence-electron chi connectivity index (χ0n) is 24.0. The van der Waals surface area contributed by atoms with Crippen molar-refractivity contribution in [3.63, 3.8) is 0 Å². The first kappa shape index (κ1) is 29.8. The minimum Gasteiger partial charge on any atom is -0.489 e. The average molecular weight is 567 g/mol. The molecule has 0 saturated carbocycles. The highest BCUT2D eigenvalue weighted by Crippen LogP contribution is 2.33. The fraction of sp³-hybridized carbons (Fsp3) is 0.500. The van der Waals surface area contributed by atoms with Crippen molar-refractivity contribution in [1.29, 1.82) is 0 Å². The van der Waals surface area contributed by atoms with Crippen molar-refractivity contribution in [2.45, 2.75) is 57.5 Å². The molecule has 1 amide bonds. The Bertz CT molecular complexity index is 1190. The lowest BCUT2D eigenvalue weighted by Gasteiger charge is -2.35. The molecule has 1 atom stereocenters. The van der Waals surface area contributed by atoms with E-state index in [4.69, 9.17) is 25.7 Å². The zero-order valence-corrected chi connectivity index (χ0v) is 25.0. The topological polar surface area (TPSA) is 127 Å². The summed E-state index contributed by atoms with van der Waals surface area (Å²) in [7, 11) is -1.13. The van der Waals surface area contributed by atoms with E-state index in [1.807, 2.05) is 30.5 Å². The summed E-state index contributed by atoms with van der Waals surface area (Å²) in [5.74, 6) is 2.01. The van der Waals surface area contributed by atoms with Gasteiger partial charge in [0.15, 0.2) is 6.20 Å². The SMILES string of the molecule is C[Si](C)(C)CCOC/N=C(/C=C\N)c1ccc(Oc2ccc3c(c2)OC(CN2CCC(C(N)=O)CC2)CC3)[nH+]c1. The molecule has 1 fully saturated rings. The monoisotopic (exact) mass is 566 g/mol. The van der Waals surface area contributed by atoms with Crippen LogP contribution in [0.2, 0.25) is 25.7 Å². The van der Waals surface area contributed by atoms with E-state index < -0.39 is 8.07 Å². The molecule has 1 aromatic carbocycles. The Labute approximate surface area is 238 Å². The molecule has 0 bridgehead atoms. The first-order chi connectivity index (χ1) is 19.2. The van der Waals surface area contributed by atoms with Crippen molar-refractivity contribution in [2.24, 2.45) is 22.4 Å². The molecule has 9 nitrogen and oxygen atoms in total. The Morgan fingerprint density at radius 2 is 2.00 bits per heavy atom. The third-order valence-electron chi connectivity index (χ3n) is 7.40. The van der Waals surface area contributed by atoms with E-state index in [-0.39, 0.29) is 17.9 Å². The first-order valence-corrected chi connectivity index (χ1v) is 17.9. The summed E-state index contributed by atoms with van der Waals surface area (Å²) < 4.78 is 18.2. The number of aromatic nitrogens is 1. The number of nitrogens with two attached hydrogens (primary N) is 2. The molecule has 1 aromatic heterocycles. The molecule has 2 aromatic rings. The summed E-state index contributed by atoms with van der Waals surface area (Å²) in [5.41, 5.74) is 14.0. The predicted octanol–water partition coefficient (Wildman–Crippen LogP) is 3.76. The fourth-order valence-corrected chi connectivity index (χ4v) is 5.69. The molecule has 0 spiro atoms. The Kier molecular flexibility index (Phi) is 10.4. The summed E-state index contributed by atoms with van der Waals surface area (Å²) >= 11 is 0. The zero-order chi connectivity index (χ0) is 28.5. The molecular formula is C30H44N5O4Si+. The number of allylic oxidation sites excluding steroid dienone is 1. The van der Waals surface area contributed by atoms with E-state index in [0.29, 0.717) is 18.4 Å². The van der Waals surface area contributed by atoms with Crippen LogP contribution in [0.5, 0.6) is 17.4 Å². The average Bonchev–Trinajstić information content (AvgIpc) is 2.92. The first-order valence-electron chi connectivity index (χ1n) is 14.2. The standard InChI is InChI=1S/C30H43N5O4Si/c1-40(2,3)17-16-37-21-34-27(10-13-31)24-6-9-29(33-19-24)39-25-7-4-22-5-8-26(38-28(22)18-25)20-35-14-11-23(12-15-35)30(32)36/h4,6-7,9-10,13,18-19,23,26H,5,8,11-12,14-17,20-21,31H2,1-3H3,(H2,32,36)/p+1/b13-10-,34-27-. The second-order valence-corrected chi connectivity index (χ2v) is 17.4. The van der Waals surface area contributed by atoms with Gasteiger partial charge >= 0.3 is 5.88 Å². The number of piperidine rings is 1. The van der Waals surface area contributed by atoms with E-state index in [0.717, 1.165) is 75.0 Å². The number of aromatic amines is 1. The van der Waals surface area contributed by atoms with Crippen LogP contribution in [-0.2, 0) is 16.0 Å². The molecule has 2 aliphatic heterocycles. The summed E-state index contributed by atoms with van der Waals surface area (Å²) in [5, 5.41) is 0. The maximum Gasteiger partial charge on any atom is 0.371 e. The number of ether oxygens (including phenoxy) is 3. The Hall–Kier alpha value is -3.21. The van der Waals surface area contributed by atoms with Gasteiger partial charge in [0.25, 0.3) is 0 Å². The lowest BCUT2D eigenvalue weighted by atomic mass is 9.95. The number of aryl methyl sites for hydroxylation is 1. The van der Waals surface area contributed by atoms with Gasteiger partial charge in [0.05, 0.1) is 17.3 Å². The number of H-pyrrole nitrogens is 1. The van der Waals surface area contributed by atoms with Crippen LogP contribution in [0.25, 0.3) is 0 Å². The van der Waals surface area contributed by atoms with E-state index in [1.165, 1.54) is 11.8 Å². The number of primary amides is 1. The molecule has 5 N–H and O–H groups in total. The van der Waals surface area contributed by atoms with Crippen LogP contribution in [0.3, 0.4) is 0 Å². The van der Waals surface area contributed by atoms with E-state index in [1.54, 1.807) is 6.08 Å². The molecule has 1 saturated heterocycles. The van der Waals surface area contributed by atoms with Gasteiger partial charge in [-0.15, -0.1) is 0 Å². The van der Waals surface area contributed by atoms with Crippen LogP contribution >= 0.6 is 0 Å². The smallest absolute Gasteiger partial charge is 0.371 e. The van der Waals surface area contributed by atoms with Crippen molar-refractivity contribution in [3.8, 4) is 17.4 Å². The quantitative estimate of drug-likeness (QED) is 0.229. The highest BCUT2D eigenvalue weighted by Gasteiger charge is 2.27. The normalized spacial score (nSPS) is 18.9. The highest BCUT2D eigenvalue weighted by molar-refractivity contribution is 6.76. The van der Waals surface area contributed by atoms with Gasteiger partial charge in [-0.1, -0.05) is 25.7 Å². The lowest BCUT2D eigenvalue weighted by Crippen LogP contribution is -2.43. The van der Waals surface area contributed by atoms with Crippen molar-refractivity contribution in [2.75, 3.05) is 33.0 Å². The maximum atomic E-state index is 11.5. The molecule has 2 aliphatic rings. The summed E-state index contributed by atoms with van der Waals surface area (Å²) in [4.78, 5) is 21.6. The number of rotatable bonds is 12. The van der Waals surface area contributed by atoms with Crippen LogP contribution < -0.4 is 25.9 Å². The van der Waals surface area contributed by atoms with E-state index in [2.05, 4.69) is 40.6 Å². The number of aliphatic imine (C=N–C) groups is 1. The van der Waals surface area contributed by atoms with Crippen molar-refractivity contribution >= 4 is 19.7 Å². The van der Waals surface area contributed by atoms with Crippen LogP contribution in [-0.4, -0.2) is 63.7 Å². The molecule has 0 aliphatic carbocycles. The highest BCUT2D eigenvalue weighted by atomic mass is 28.3. The molecule has 216 valence electrons. The van der Waals surface area contributed by atoms with E-state index in [9.17, 15) is 4.79 Å². The molecule has 40 heavy (non-hydrogen) atoms. The van der Waals surface area contributed by atoms with Gasteiger partial charge < -0.3 is 25.7 Å². The van der Waals surface area contributed by atoms with E-state index >= 15 is 0 Å². The predicted molar refractivity (Wildman–Crippen MR) is 159 cm³/mol. The number of nitrogens with zero attached hydrogens (tertiary/aromatic N) is 2. The molecule has 3 heterocycles. The van der Waals surface area contributed by atoms with Gasteiger partial charge in [-0.3, -0.25) is 14.7 Å². The summed E-state index contributed by atoms with van der Waals surface area (Å²) in [6.45, 7) is 10.6. The molecular weight excluding hydrogens is 522 g/mol. The number of pyridine rings is 1. The summed E-state index contributed by atoms with van der Waals surface area (Å²) in [6.07, 6.45) is 8.81. The van der Waals surface area contributed by atoms with Gasteiger partial charge in [0.2, 0.25) is 5.91 Å². The lowest BCUT2D eigenvalue weighted by molar-refractivity contribution is -0.391. The minimum atomic E-state index is -1.13. The minimum absolute atomic E-state index is 0.00414. The molecule has 10 heteroatoms. The number of hydrogen-bond acceptors (Lipinski definition) is 7. The fourth-order valence-electron chi connectivity index (χ4n) is 4.94. The Balaban J connectivity index is 1.32. The van der Waals surface area contributed by atoms with Crippen LogP contribution in [0.15, 0.2) is 53.8 Å². The van der Waals surface area contributed by atoms with Gasteiger partial charge in [0.1, 0.15) is 24.3 Å². The van der Waals surface area contributed by atoms with Gasteiger partial charge in [-0.05, 0) is 74.8 Å². The van der Waals surface area contributed by atoms with Gasteiger partial charge in [-0.25, -0.2) is 0 Å². The second-order valence-electron chi connectivity index (χ2n) is 11.8. The summed E-state index contributed by atoms with van der Waals surface area (Å²) in [6, 6.07) is 10.9. The van der Waals surface area contributed by atoms with Crippen LogP contribution in [0, 0.1) is 5.92 Å². The number of benzene rings is 1. The molecule has 1 unspecified atom stereocenters.